The zero-order valence-corrected chi connectivity index (χ0v) is 10.6. The molecule has 3 rings (SSSR count). The second-order valence-corrected chi connectivity index (χ2v) is 4.61. The third kappa shape index (κ3) is 1.78. The minimum atomic E-state index is 0.128. The van der Waals surface area contributed by atoms with Crippen molar-refractivity contribution in [3.8, 4) is 5.75 Å². The first kappa shape index (κ1) is 11.3. The van der Waals surface area contributed by atoms with Crippen molar-refractivity contribution >= 4 is 0 Å². The first-order chi connectivity index (χ1) is 8.79. The van der Waals surface area contributed by atoms with Crippen molar-refractivity contribution in [2.75, 3.05) is 7.05 Å². The number of aryl methyl sites for hydroxylation is 1. The molecule has 0 fully saturated rings. The van der Waals surface area contributed by atoms with E-state index in [1.165, 1.54) is 5.56 Å². The van der Waals surface area contributed by atoms with Gasteiger partial charge in [0.15, 0.2) is 0 Å². The van der Waals surface area contributed by atoms with Crippen molar-refractivity contribution in [3.05, 3.63) is 47.8 Å². The van der Waals surface area contributed by atoms with Crippen LogP contribution in [0.25, 0.3) is 0 Å². The van der Waals surface area contributed by atoms with E-state index < -0.39 is 0 Å². The van der Waals surface area contributed by atoms with Crippen LogP contribution in [0, 0.1) is 0 Å². The zero-order chi connectivity index (χ0) is 12.5. The molecule has 1 aliphatic heterocycles. The van der Waals surface area contributed by atoms with Crippen molar-refractivity contribution in [1.29, 1.82) is 0 Å². The predicted molar refractivity (Wildman–Crippen MR) is 69.6 cm³/mol. The zero-order valence-electron chi connectivity index (χ0n) is 10.6. The summed E-state index contributed by atoms with van der Waals surface area (Å²) in [7, 11) is 3.92. The van der Waals surface area contributed by atoms with E-state index in [0.29, 0.717) is 0 Å². The van der Waals surface area contributed by atoms with E-state index in [1.54, 1.807) is 0 Å². The Hall–Kier alpha value is -1.81. The average molecular weight is 243 g/mol. The highest BCUT2D eigenvalue weighted by Gasteiger charge is 2.31. The van der Waals surface area contributed by atoms with Crippen LogP contribution < -0.4 is 10.1 Å². The lowest BCUT2D eigenvalue weighted by Gasteiger charge is -2.22. The van der Waals surface area contributed by atoms with Crippen LogP contribution in [0.1, 0.15) is 17.3 Å². The Morgan fingerprint density at radius 1 is 1.39 bits per heavy atom. The average Bonchev–Trinajstić information content (AvgIpc) is 2.97. The first-order valence-corrected chi connectivity index (χ1v) is 6.19. The maximum absolute atomic E-state index is 6.04. The van der Waals surface area contributed by atoms with Gasteiger partial charge in [0.1, 0.15) is 11.9 Å². The smallest absolute Gasteiger partial charge is 0.124 e. The fraction of sp³-hybridized carbons (Fsp3) is 0.357. The van der Waals surface area contributed by atoms with Crippen molar-refractivity contribution in [2.24, 2.45) is 7.05 Å². The molecule has 0 radical (unpaired) electrons. The van der Waals surface area contributed by atoms with Crippen LogP contribution in [0.5, 0.6) is 5.75 Å². The van der Waals surface area contributed by atoms with Crippen LogP contribution in [-0.2, 0) is 13.5 Å². The predicted octanol–water partition coefficient (Wildman–Crippen LogP) is 1.68. The molecule has 2 aromatic rings. The number of aromatic nitrogens is 2. The standard InChI is InChI=1S/C14H17N3O/c1-15-14(11-7-8-16-17(11)2)13-9-10-5-3-4-6-12(10)18-13/h3-8,13-15H,9H2,1-2H3. The maximum Gasteiger partial charge on any atom is 0.124 e. The summed E-state index contributed by atoms with van der Waals surface area (Å²) in [6.07, 6.45) is 2.89. The number of rotatable bonds is 3. The fourth-order valence-corrected chi connectivity index (χ4v) is 2.61. The summed E-state index contributed by atoms with van der Waals surface area (Å²) in [4.78, 5) is 0. The number of hydrogen-bond acceptors (Lipinski definition) is 3. The van der Waals surface area contributed by atoms with E-state index in [2.05, 4.69) is 22.5 Å². The molecule has 0 bridgehead atoms. The van der Waals surface area contributed by atoms with Gasteiger partial charge in [-0.25, -0.2) is 0 Å². The lowest BCUT2D eigenvalue weighted by atomic mass is 10.0. The van der Waals surface area contributed by atoms with Crippen molar-refractivity contribution in [2.45, 2.75) is 18.6 Å². The van der Waals surface area contributed by atoms with E-state index in [4.69, 9.17) is 4.74 Å². The molecule has 4 nitrogen and oxygen atoms in total. The second kappa shape index (κ2) is 4.46. The Balaban J connectivity index is 1.86. The summed E-state index contributed by atoms with van der Waals surface area (Å²) in [5.74, 6) is 1.00. The van der Waals surface area contributed by atoms with Gasteiger partial charge in [0.05, 0.1) is 11.7 Å². The van der Waals surface area contributed by atoms with Gasteiger partial charge < -0.3 is 10.1 Å². The normalized spacial score (nSPS) is 19.3. The fourth-order valence-electron chi connectivity index (χ4n) is 2.61. The molecule has 0 saturated carbocycles. The van der Waals surface area contributed by atoms with Gasteiger partial charge in [-0.1, -0.05) is 18.2 Å². The molecule has 94 valence electrons. The molecular formula is C14H17N3O. The Bertz CT molecular complexity index is 524. The molecule has 1 N–H and O–H groups in total. The number of ether oxygens (including phenoxy) is 1. The number of para-hydroxylation sites is 1. The topological polar surface area (TPSA) is 39.1 Å². The van der Waals surface area contributed by atoms with E-state index in [-0.39, 0.29) is 12.1 Å². The van der Waals surface area contributed by atoms with Gasteiger partial charge in [0.2, 0.25) is 0 Å². The first-order valence-electron chi connectivity index (χ1n) is 6.19. The number of benzene rings is 1. The number of fused-ring (bicyclic) bond motifs is 1. The molecule has 0 saturated heterocycles. The largest absolute Gasteiger partial charge is 0.488 e. The molecular weight excluding hydrogens is 226 g/mol. The quantitative estimate of drug-likeness (QED) is 0.891. The van der Waals surface area contributed by atoms with Gasteiger partial charge in [-0.2, -0.15) is 5.10 Å². The van der Waals surface area contributed by atoms with Crippen LogP contribution >= 0.6 is 0 Å². The minimum Gasteiger partial charge on any atom is -0.488 e. The molecule has 18 heavy (non-hydrogen) atoms. The molecule has 2 heterocycles. The minimum absolute atomic E-state index is 0.128. The summed E-state index contributed by atoms with van der Waals surface area (Å²) >= 11 is 0. The molecule has 2 unspecified atom stereocenters. The van der Waals surface area contributed by atoms with E-state index in [1.807, 2.05) is 43.2 Å². The summed E-state index contributed by atoms with van der Waals surface area (Å²) in [5, 5.41) is 7.56. The lowest BCUT2D eigenvalue weighted by molar-refractivity contribution is 0.179. The Kier molecular flexibility index (Phi) is 2.80. The highest BCUT2D eigenvalue weighted by atomic mass is 16.5. The summed E-state index contributed by atoms with van der Waals surface area (Å²) < 4.78 is 7.93. The van der Waals surface area contributed by atoms with E-state index >= 15 is 0 Å². The summed E-state index contributed by atoms with van der Waals surface area (Å²) in [6, 6.07) is 10.4. The molecule has 0 spiro atoms. The molecule has 1 aromatic heterocycles. The third-order valence-electron chi connectivity index (χ3n) is 3.53. The Morgan fingerprint density at radius 2 is 2.22 bits per heavy atom. The van der Waals surface area contributed by atoms with Crippen molar-refractivity contribution in [3.63, 3.8) is 0 Å². The van der Waals surface area contributed by atoms with Crippen molar-refractivity contribution in [1.82, 2.24) is 15.1 Å². The molecule has 0 aliphatic carbocycles. The summed E-state index contributed by atoms with van der Waals surface area (Å²) in [5.41, 5.74) is 2.43. The Labute approximate surface area is 107 Å². The van der Waals surface area contributed by atoms with Crippen LogP contribution in [0.2, 0.25) is 0 Å². The van der Waals surface area contributed by atoms with Crippen LogP contribution in [-0.4, -0.2) is 22.9 Å². The van der Waals surface area contributed by atoms with Gasteiger partial charge in [-0.05, 0) is 24.7 Å². The number of hydrogen-bond donors (Lipinski definition) is 1. The van der Waals surface area contributed by atoms with Gasteiger partial charge in [0, 0.05) is 19.7 Å². The highest BCUT2D eigenvalue weighted by molar-refractivity contribution is 5.38. The van der Waals surface area contributed by atoms with Gasteiger partial charge in [0.25, 0.3) is 0 Å². The SMILES string of the molecule is CNC(c1ccnn1C)C1Cc2ccccc2O1. The maximum atomic E-state index is 6.04. The highest BCUT2D eigenvalue weighted by Crippen LogP contribution is 2.33. The number of nitrogens with zero attached hydrogens (tertiary/aromatic N) is 2. The molecule has 1 aromatic carbocycles. The van der Waals surface area contributed by atoms with Crippen LogP contribution in [0.15, 0.2) is 36.5 Å². The molecule has 2 atom stereocenters. The van der Waals surface area contributed by atoms with Gasteiger partial charge in [-0.15, -0.1) is 0 Å². The lowest BCUT2D eigenvalue weighted by Crippen LogP contribution is -2.34. The molecule has 0 amide bonds. The molecule has 4 heteroatoms. The van der Waals surface area contributed by atoms with Gasteiger partial charge in [-0.3, -0.25) is 4.68 Å². The Morgan fingerprint density at radius 3 is 2.89 bits per heavy atom. The third-order valence-corrected chi connectivity index (χ3v) is 3.53. The van der Waals surface area contributed by atoms with Crippen molar-refractivity contribution < 1.29 is 4.74 Å². The monoisotopic (exact) mass is 243 g/mol. The van der Waals surface area contributed by atoms with Gasteiger partial charge >= 0.3 is 0 Å². The van der Waals surface area contributed by atoms with E-state index in [0.717, 1.165) is 17.9 Å². The number of nitrogens with one attached hydrogen (secondary N) is 1. The van der Waals surface area contributed by atoms with Crippen LogP contribution in [0.4, 0.5) is 0 Å². The van der Waals surface area contributed by atoms with Crippen LogP contribution in [0.3, 0.4) is 0 Å². The number of likely N-dealkylation sites (N-methyl/N-ethyl adjacent to an activating group) is 1. The second-order valence-electron chi connectivity index (χ2n) is 4.61. The molecule has 1 aliphatic rings. The summed E-state index contributed by atoms with van der Waals surface area (Å²) in [6.45, 7) is 0. The van der Waals surface area contributed by atoms with E-state index in [9.17, 15) is 0 Å².